The first-order valence-corrected chi connectivity index (χ1v) is 9.47. The third-order valence-electron chi connectivity index (χ3n) is 4.87. The minimum atomic E-state index is 0.159. The number of nitrogens with one attached hydrogen (secondary N) is 1. The predicted molar refractivity (Wildman–Crippen MR) is 97.3 cm³/mol. The number of ether oxygens (including phenoxy) is 2. The van der Waals surface area contributed by atoms with Gasteiger partial charge in [0.15, 0.2) is 11.5 Å². The molecule has 3 aromatic rings. The molecule has 0 aliphatic carbocycles. The number of rotatable bonds is 3. The van der Waals surface area contributed by atoms with E-state index in [9.17, 15) is 4.79 Å². The van der Waals surface area contributed by atoms with Gasteiger partial charge in [0, 0.05) is 36.3 Å². The van der Waals surface area contributed by atoms with Gasteiger partial charge >= 0.3 is 0 Å². The highest BCUT2D eigenvalue weighted by molar-refractivity contribution is 7.08. The average molecular weight is 367 g/mol. The lowest BCUT2D eigenvalue weighted by molar-refractivity contribution is -0.131. The summed E-state index contributed by atoms with van der Waals surface area (Å²) in [5.41, 5.74) is 5.13. The Morgan fingerprint density at radius 3 is 3.08 bits per heavy atom. The highest BCUT2D eigenvalue weighted by atomic mass is 32.1. The first-order chi connectivity index (χ1) is 12.8. The number of fused-ring (bicyclic) bond motifs is 2. The maximum Gasteiger partial charge on any atom is 0.231 e. The molecule has 0 atom stereocenters. The zero-order valence-corrected chi connectivity index (χ0v) is 14.8. The van der Waals surface area contributed by atoms with Gasteiger partial charge in [-0.1, -0.05) is 0 Å². The van der Waals surface area contributed by atoms with Crippen LogP contribution < -0.4 is 9.47 Å². The average Bonchev–Trinajstić information content (AvgIpc) is 3.40. The summed E-state index contributed by atoms with van der Waals surface area (Å²) in [6.07, 6.45) is 1.25. The summed E-state index contributed by atoms with van der Waals surface area (Å²) in [6, 6.07) is 7.84. The minimum Gasteiger partial charge on any atom is -0.454 e. The van der Waals surface area contributed by atoms with Crippen molar-refractivity contribution in [1.82, 2.24) is 15.1 Å². The van der Waals surface area contributed by atoms with E-state index in [0.717, 1.165) is 52.5 Å². The van der Waals surface area contributed by atoms with Crippen LogP contribution in [0, 0.1) is 0 Å². The molecule has 0 saturated heterocycles. The maximum absolute atomic E-state index is 12.7. The molecule has 0 bridgehead atoms. The number of H-pyrrole nitrogens is 1. The summed E-state index contributed by atoms with van der Waals surface area (Å²) in [5, 5.41) is 11.7. The molecule has 0 fully saturated rings. The second kappa shape index (κ2) is 6.17. The Labute approximate surface area is 154 Å². The van der Waals surface area contributed by atoms with Crippen LogP contribution in [-0.4, -0.2) is 34.3 Å². The van der Waals surface area contributed by atoms with Gasteiger partial charge < -0.3 is 14.4 Å². The molecule has 7 heteroatoms. The van der Waals surface area contributed by atoms with Gasteiger partial charge in [-0.25, -0.2) is 0 Å². The summed E-state index contributed by atoms with van der Waals surface area (Å²) in [7, 11) is 0. The van der Waals surface area contributed by atoms with E-state index in [1.54, 1.807) is 11.3 Å². The summed E-state index contributed by atoms with van der Waals surface area (Å²) >= 11 is 1.62. The lowest BCUT2D eigenvalue weighted by Gasteiger charge is -2.27. The molecular weight excluding hydrogens is 350 g/mol. The quantitative estimate of drug-likeness (QED) is 0.773. The van der Waals surface area contributed by atoms with Gasteiger partial charge in [0.1, 0.15) is 0 Å². The number of hydrogen-bond acceptors (Lipinski definition) is 5. The lowest BCUT2D eigenvalue weighted by Crippen LogP contribution is -2.36. The zero-order valence-electron chi connectivity index (χ0n) is 14.0. The monoisotopic (exact) mass is 367 g/mol. The van der Waals surface area contributed by atoms with Gasteiger partial charge in [0.25, 0.3) is 0 Å². The summed E-state index contributed by atoms with van der Waals surface area (Å²) < 4.78 is 10.9. The Hall–Kier alpha value is -2.80. The van der Waals surface area contributed by atoms with Crippen molar-refractivity contribution in [3.63, 3.8) is 0 Å². The SMILES string of the molecule is O=C(Cc1ccsc1)N1CCc2[nH]nc(-c3ccc4c(c3)OCO4)c2C1. The molecule has 0 spiro atoms. The smallest absolute Gasteiger partial charge is 0.231 e. The van der Waals surface area contributed by atoms with E-state index >= 15 is 0 Å². The molecule has 5 rings (SSSR count). The highest BCUT2D eigenvalue weighted by Gasteiger charge is 2.26. The number of carbonyl (C=O) groups excluding carboxylic acids is 1. The maximum atomic E-state index is 12.7. The fourth-order valence-corrected chi connectivity index (χ4v) is 4.14. The van der Waals surface area contributed by atoms with Gasteiger partial charge in [0.2, 0.25) is 12.7 Å². The molecule has 2 aliphatic heterocycles. The van der Waals surface area contributed by atoms with Crippen molar-refractivity contribution in [2.75, 3.05) is 13.3 Å². The van der Waals surface area contributed by atoms with Crippen molar-refractivity contribution < 1.29 is 14.3 Å². The molecule has 1 N–H and O–H groups in total. The Morgan fingerprint density at radius 1 is 1.27 bits per heavy atom. The number of carbonyl (C=O) groups is 1. The van der Waals surface area contributed by atoms with Crippen molar-refractivity contribution in [1.29, 1.82) is 0 Å². The molecule has 132 valence electrons. The number of benzene rings is 1. The van der Waals surface area contributed by atoms with Crippen molar-refractivity contribution in [3.05, 3.63) is 51.8 Å². The number of aromatic amines is 1. The second-order valence-electron chi connectivity index (χ2n) is 6.47. The van der Waals surface area contributed by atoms with Gasteiger partial charge in [0.05, 0.1) is 12.1 Å². The molecule has 2 aliphatic rings. The van der Waals surface area contributed by atoms with Crippen LogP contribution in [0.15, 0.2) is 35.0 Å². The molecule has 1 amide bonds. The minimum absolute atomic E-state index is 0.159. The van der Waals surface area contributed by atoms with E-state index in [-0.39, 0.29) is 12.7 Å². The van der Waals surface area contributed by atoms with Gasteiger partial charge in [-0.2, -0.15) is 16.4 Å². The molecule has 0 unspecified atom stereocenters. The van der Waals surface area contributed by atoms with Crippen molar-refractivity contribution in [2.24, 2.45) is 0 Å². The van der Waals surface area contributed by atoms with Crippen LogP contribution in [0.4, 0.5) is 0 Å². The number of hydrogen-bond donors (Lipinski definition) is 1. The van der Waals surface area contributed by atoms with Crippen molar-refractivity contribution >= 4 is 17.2 Å². The van der Waals surface area contributed by atoms with E-state index in [1.165, 1.54) is 0 Å². The third-order valence-corrected chi connectivity index (χ3v) is 5.60. The van der Waals surface area contributed by atoms with Crippen LogP contribution in [-0.2, 0) is 24.2 Å². The summed E-state index contributed by atoms with van der Waals surface area (Å²) in [6.45, 7) is 1.56. The van der Waals surface area contributed by atoms with E-state index in [2.05, 4.69) is 10.2 Å². The largest absolute Gasteiger partial charge is 0.454 e. The molecule has 1 aromatic carbocycles. The van der Waals surface area contributed by atoms with Gasteiger partial charge in [-0.05, 0) is 40.6 Å². The number of nitrogens with zero attached hydrogens (tertiary/aromatic N) is 2. The molecule has 4 heterocycles. The fourth-order valence-electron chi connectivity index (χ4n) is 3.47. The van der Waals surface area contributed by atoms with Crippen LogP contribution in [0.1, 0.15) is 16.8 Å². The van der Waals surface area contributed by atoms with Crippen LogP contribution in [0.2, 0.25) is 0 Å². The van der Waals surface area contributed by atoms with Crippen molar-refractivity contribution in [2.45, 2.75) is 19.4 Å². The van der Waals surface area contributed by atoms with Gasteiger partial charge in [-0.15, -0.1) is 0 Å². The van der Waals surface area contributed by atoms with Crippen molar-refractivity contribution in [3.8, 4) is 22.8 Å². The third kappa shape index (κ3) is 2.64. The van der Waals surface area contributed by atoms with Crippen LogP contribution in [0.25, 0.3) is 11.3 Å². The highest BCUT2D eigenvalue weighted by Crippen LogP contribution is 2.37. The van der Waals surface area contributed by atoms with Crippen LogP contribution in [0.5, 0.6) is 11.5 Å². The van der Waals surface area contributed by atoms with Crippen LogP contribution >= 0.6 is 11.3 Å². The van der Waals surface area contributed by atoms with E-state index in [4.69, 9.17) is 9.47 Å². The van der Waals surface area contributed by atoms with E-state index in [0.29, 0.717) is 13.0 Å². The fraction of sp³-hybridized carbons (Fsp3) is 0.263. The molecule has 6 nitrogen and oxygen atoms in total. The number of thiophene rings is 1. The first kappa shape index (κ1) is 15.5. The molecular formula is C19H17N3O3S. The Morgan fingerprint density at radius 2 is 2.19 bits per heavy atom. The predicted octanol–water partition coefficient (Wildman–Crippen LogP) is 2.99. The Kier molecular flexibility index (Phi) is 3.67. The van der Waals surface area contributed by atoms with Crippen LogP contribution in [0.3, 0.4) is 0 Å². The summed E-state index contributed by atoms with van der Waals surface area (Å²) in [4.78, 5) is 14.6. The Balaban J connectivity index is 1.41. The van der Waals surface area contributed by atoms with E-state index in [1.807, 2.05) is 39.9 Å². The number of aromatic nitrogens is 2. The molecule has 2 aromatic heterocycles. The Bertz CT molecular complexity index is 965. The molecule has 26 heavy (non-hydrogen) atoms. The van der Waals surface area contributed by atoms with Gasteiger partial charge in [-0.3, -0.25) is 9.89 Å². The molecule has 0 saturated carbocycles. The zero-order chi connectivity index (χ0) is 17.5. The standard InChI is InChI=1S/C19H17N3O3S/c23-18(7-12-4-6-26-10-12)22-5-3-15-14(9-22)19(21-20-15)13-1-2-16-17(8-13)25-11-24-16/h1-2,4,6,8,10H,3,5,7,9,11H2,(H,20,21). The topological polar surface area (TPSA) is 67.5 Å². The second-order valence-corrected chi connectivity index (χ2v) is 7.25. The molecule has 0 radical (unpaired) electrons. The van der Waals surface area contributed by atoms with E-state index < -0.39 is 0 Å². The first-order valence-electron chi connectivity index (χ1n) is 8.53. The lowest BCUT2D eigenvalue weighted by atomic mass is 10.00. The normalized spacial score (nSPS) is 15.2. The number of amides is 1. The summed E-state index contributed by atoms with van der Waals surface area (Å²) in [5.74, 6) is 1.65.